The molecule has 0 radical (unpaired) electrons. The Balaban J connectivity index is 2.31. The average Bonchev–Trinajstić information content (AvgIpc) is 2.67. The van der Waals surface area contributed by atoms with Crippen molar-refractivity contribution < 1.29 is 9.53 Å². The molecule has 2 atom stereocenters. The maximum Gasteiger partial charge on any atom is 0.309 e. The van der Waals surface area contributed by atoms with Crippen LogP contribution in [0.2, 0.25) is 0 Å². The number of methoxy groups -OCH3 is 1. The van der Waals surface area contributed by atoms with Crippen LogP contribution in [0, 0.1) is 11.8 Å². The van der Waals surface area contributed by atoms with Crippen LogP contribution in [0.25, 0.3) is 0 Å². The van der Waals surface area contributed by atoms with Crippen molar-refractivity contribution in [2.24, 2.45) is 11.8 Å². The van der Waals surface area contributed by atoms with E-state index < -0.39 is 0 Å². The fraction of sp³-hybridized carbons (Fsp3) is 0.625. The summed E-state index contributed by atoms with van der Waals surface area (Å²) in [5.74, 6) is 0.543. The Morgan fingerprint density at radius 3 is 2.90 bits per heavy atom. The van der Waals surface area contributed by atoms with E-state index in [2.05, 4.69) is 10.8 Å². The zero-order chi connectivity index (χ0) is 7.56. The molecule has 0 aliphatic heterocycles. The molecule has 0 amide bonds. The van der Waals surface area contributed by atoms with Crippen molar-refractivity contribution in [3.8, 4) is 0 Å². The second kappa shape index (κ2) is 2.86. The number of allylic oxidation sites excluding steroid dienone is 2. The van der Waals surface area contributed by atoms with Crippen LogP contribution in [0.15, 0.2) is 12.2 Å². The molecule has 0 aromatic carbocycles. The van der Waals surface area contributed by atoms with Crippen molar-refractivity contribution >= 4 is 5.97 Å². The lowest BCUT2D eigenvalue weighted by atomic mass is 10.3. The number of carbonyl (C=O) groups excluding carboxylic acids is 1. The smallest absolute Gasteiger partial charge is 0.309 e. The lowest BCUT2D eigenvalue weighted by molar-refractivity contribution is -0.142. The van der Waals surface area contributed by atoms with E-state index in [4.69, 9.17) is 0 Å². The number of carbonyl (C=O) groups is 1. The Kier molecular flexibility index (Phi) is 2.10. The minimum atomic E-state index is -0.0666. The van der Waals surface area contributed by atoms with E-state index in [1.54, 1.807) is 0 Å². The predicted octanol–water partition coefficient (Wildman–Crippen LogP) is 1.37. The van der Waals surface area contributed by atoms with Crippen LogP contribution in [-0.4, -0.2) is 13.1 Å². The van der Waals surface area contributed by atoms with Crippen molar-refractivity contribution in [3.63, 3.8) is 0 Å². The Morgan fingerprint density at radius 1 is 1.70 bits per heavy atom. The molecule has 1 fully saturated rings. The topological polar surface area (TPSA) is 26.3 Å². The second-order valence-electron chi connectivity index (χ2n) is 2.55. The summed E-state index contributed by atoms with van der Waals surface area (Å²) in [4.78, 5) is 10.8. The first-order valence-electron chi connectivity index (χ1n) is 3.50. The normalized spacial score (nSPS) is 30.6. The SMILES string of the molecule is C/C=C/[C@H]1C[C@@H]1C(=O)OC. The third-order valence-corrected chi connectivity index (χ3v) is 1.78. The molecular formula is C8H12O2. The summed E-state index contributed by atoms with van der Waals surface area (Å²) in [6, 6.07) is 0. The van der Waals surface area contributed by atoms with Gasteiger partial charge in [0.25, 0.3) is 0 Å². The summed E-state index contributed by atoms with van der Waals surface area (Å²) in [6.45, 7) is 1.96. The van der Waals surface area contributed by atoms with Crippen LogP contribution >= 0.6 is 0 Å². The Labute approximate surface area is 60.9 Å². The van der Waals surface area contributed by atoms with E-state index in [0.717, 1.165) is 6.42 Å². The number of hydrogen-bond acceptors (Lipinski definition) is 2. The molecule has 0 saturated heterocycles. The Bertz CT molecular complexity index is 161. The quantitative estimate of drug-likeness (QED) is 0.427. The van der Waals surface area contributed by atoms with Gasteiger partial charge in [-0.1, -0.05) is 12.2 Å². The van der Waals surface area contributed by atoms with E-state index in [-0.39, 0.29) is 11.9 Å². The van der Waals surface area contributed by atoms with Gasteiger partial charge < -0.3 is 4.74 Å². The van der Waals surface area contributed by atoms with Crippen LogP contribution in [-0.2, 0) is 9.53 Å². The van der Waals surface area contributed by atoms with Gasteiger partial charge in [-0.05, 0) is 19.3 Å². The van der Waals surface area contributed by atoms with Crippen molar-refractivity contribution in [1.29, 1.82) is 0 Å². The van der Waals surface area contributed by atoms with E-state index in [1.165, 1.54) is 7.11 Å². The minimum Gasteiger partial charge on any atom is -0.469 e. The van der Waals surface area contributed by atoms with E-state index in [0.29, 0.717) is 5.92 Å². The summed E-state index contributed by atoms with van der Waals surface area (Å²) < 4.78 is 4.58. The molecule has 0 aromatic heterocycles. The summed E-state index contributed by atoms with van der Waals surface area (Å²) in [6.07, 6.45) is 5.01. The minimum absolute atomic E-state index is 0.0666. The summed E-state index contributed by atoms with van der Waals surface area (Å²) >= 11 is 0. The van der Waals surface area contributed by atoms with Crippen molar-refractivity contribution in [2.75, 3.05) is 7.11 Å². The number of esters is 1. The maximum absolute atomic E-state index is 10.8. The molecule has 0 unspecified atom stereocenters. The summed E-state index contributed by atoms with van der Waals surface area (Å²) in [5, 5.41) is 0. The maximum atomic E-state index is 10.8. The van der Waals surface area contributed by atoms with Crippen molar-refractivity contribution in [3.05, 3.63) is 12.2 Å². The van der Waals surface area contributed by atoms with Crippen molar-refractivity contribution in [2.45, 2.75) is 13.3 Å². The number of hydrogen-bond donors (Lipinski definition) is 0. The molecular weight excluding hydrogens is 128 g/mol. The van der Waals surface area contributed by atoms with Gasteiger partial charge in [-0.15, -0.1) is 0 Å². The first kappa shape index (κ1) is 7.32. The van der Waals surface area contributed by atoms with Crippen LogP contribution < -0.4 is 0 Å². The van der Waals surface area contributed by atoms with E-state index in [1.807, 2.05) is 13.0 Å². The van der Waals surface area contributed by atoms with Crippen LogP contribution in [0.1, 0.15) is 13.3 Å². The molecule has 0 heterocycles. The lowest BCUT2D eigenvalue weighted by Crippen LogP contribution is -2.03. The van der Waals surface area contributed by atoms with Gasteiger partial charge >= 0.3 is 5.97 Å². The highest BCUT2D eigenvalue weighted by Crippen LogP contribution is 2.40. The monoisotopic (exact) mass is 140 g/mol. The Hall–Kier alpha value is -0.790. The summed E-state index contributed by atoms with van der Waals surface area (Å²) in [7, 11) is 1.44. The van der Waals surface area contributed by atoms with Gasteiger partial charge in [0.15, 0.2) is 0 Å². The molecule has 10 heavy (non-hydrogen) atoms. The predicted molar refractivity (Wildman–Crippen MR) is 38.4 cm³/mol. The van der Waals surface area contributed by atoms with Crippen LogP contribution in [0.4, 0.5) is 0 Å². The second-order valence-corrected chi connectivity index (χ2v) is 2.55. The lowest BCUT2D eigenvalue weighted by Gasteiger charge is -1.92. The molecule has 2 heteroatoms. The average molecular weight is 140 g/mol. The van der Waals surface area contributed by atoms with Gasteiger partial charge in [-0.3, -0.25) is 4.79 Å². The molecule has 0 spiro atoms. The third kappa shape index (κ3) is 1.38. The van der Waals surface area contributed by atoms with E-state index >= 15 is 0 Å². The van der Waals surface area contributed by atoms with Gasteiger partial charge in [0.1, 0.15) is 0 Å². The number of ether oxygens (including phenoxy) is 1. The van der Waals surface area contributed by atoms with Gasteiger partial charge in [-0.2, -0.15) is 0 Å². The zero-order valence-electron chi connectivity index (χ0n) is 6.33. The summed E-state index contributed by atoms with van der Waals surface area (Å²) in [5.41, 5.74) is 0. The molecule has 2 nitrogen and oxygen atoms in total. The molecule has 0 bridgehead atoms. The highest BCUT2D eigenvalue weighted by Gasteiger charge is 2.41. The van der Waals surface area contributed by atoms with Crippen LogP contribution in [0.5, 0.6) is 0 Å². The first-order chi connectivity index (χ1) is 4.79. The van der Waals surface area contributed by atoms with Gasteiger partial charge in [0, 0.05) is 0 Å². The molecule has 56 valence electrons. The molecule has 1 aliphatic rings. The molecule has 0 aromatic rings. The van der Waals surface area contributed by atoms with E-state index in [9.17, 15) is 4.79 Å². The van der Waals surface area contributed by atoms with Gasteiger partial charge in [0.2, 0.25) is 0 Å². The molecule has 0 N–H and O–H groups in total. The zero-order valence-corrected chi connectivity index (χ0v) is 6.33. The number of rotatable bonds is 2. The highest BCUT2D eigenvalue weighted by atomic mass is 16.5. The molecule has 1 saturated carbocycles. The van der Waals surface area contributed by atoms with Gasteiger partial charge in [0.05, 0.1) is 13.0 Å². The Morgan fingerprint density at radius 2 is 2.40 bits per heavy atom. The first-order valence-corrected chi connectivity index (χ1v) is 3.50. The third-order valence-electron chi connectivity index (χ3n) is 1.78. The molecule has 1 rings (SSSR count). The fourth-order valence-electron chi connectivity index (χ4n) is 1.10. The fourth-order valence-corrected chi connectivity index (χ4v) is 1.10. The highest BCUT2D eigenvalue weighted by molar-refractivity contribution is 5.76. The largest absolute Gasteiger partial charge is 0.469 e. The van der Waals surface area contributed by atoms with Crippen LogP contribution in [0.3, 0.4) is 0 Å². The standard InChI is InChI=1S/C8H12O2/c1-3-4-6-5-7(6)8(9)10-2/h3-4,6-7H,5H2,1-2H3/b4-3+/t6-,7-/m0/s1. The molecule has 1 aliphatic carbocycles. The van der Waals surface area contributed by atoms with Gasteiger partial charge in [-0.25, -0.2) is 0 Å². The van der Waals surface area contributed by atoms with Crippen molar-refractivity contribution in [1.82, 2.24) is 0 Å².